The Morgan fingerprint density at radius 2 is 2.05 bits per heavy atom. The van der Waals surface area contributed by atoms with E-state index in [2.05, 4.69) is 36.1 Å². The molecule has 108 valence electrons. The molecule has 1 saturated heterocycles. The number of aromatic nitrogens is 2. The molecule has 0 radical (unpaired) electrons. The Morgan fingerprint density at radius 3 is 2.86 bits per heavy atom. The van der Waals surface area contributed by atoms with Crippen molar-refractivity contribution < 1.29 is 4.42 Å². The van der Waals surface area contributed by atoms with Crippen LogP contribution in [0.2, 0.25) is 0 Å². The van der Waals surface area contributed by atoms with Crippen LogP contribution in [-0.4, -0.2) is 36.1 Å². The van der Waals surface area contributed by atoms with Crippen LogP contribution >= 0.6 is 15.9 Å². The Bertz CT molecular complexity index is 825. The predicted octanol–water partition coefficient (Wildman–Crippen LogP) is 2.13. The molecular formula is C14H14BrN5O. The number of hydrogen-bond donors (Lipinski definition) is 2. The largest absolute Gasteiger partial charge is 0.450 e. The van der Waals surface area contributed by atoms with Gasteiger partial charge in [0.15, 0.2) is 11.4 Å². The summed E-state index contributed by atoms with van der Waals surface area (Å²) in [7, 11) is 0. The van der Waals surface area contributed by atoms with E-state index in [0.717, 1.165) is 53.0 Å². The first kappa shape index (κ1) is 12.8. The molecular weight excluding hydrogens is 334 g/mol. The van der Waals surface area contributed by atoms with Gasteiger partial charge in [0.05, 0.1) is 0 Å². The molecule has 7 heteroatoms. The van der Waals surface area contributed by atoms with Crippen molar-refractivity contribution in [3.63, 3.8) is 0 Å². The van der Waals surface area contributed by atoms with Crippen molar-refractivity contribution in [1.82, 2.24) is 15.3 Å². The molecule has 0 amide bonds. The molecule has 1 fully saturated rings. The van der Waals surface area contributed by atoms with Crippen LogP contribution in [0.5, 0.6) is 0 Å². The molecule has 3 N–H and O–H groups in total. The van der Waals surface area contributed by atoms with Crippen LogP contribution in [0.1, 0.15) is 0 Å². The Balaban J connectivity index is 1.99. The van der Waals surface area contributed by atoms with Crippen molar-refractivity contribution in [3.05, 3.63) is 22.7 Å². The number of nitrogens with two attached hydrogens (primary N) is 1. The van der Waals surface area contributed by atoms with Crippen molar-refractivity contribution >= 4 is 49.8 Å². The zero-order chi connectivity index (χ0) is 14.4. The average Bonchev–Trinajstić information content (AvgIpc) is 2.85. The number of furan rings is 1. The van der Waals surface area contributed by atoms with Gasteiger partial charge in [0, 0.05) is 36.0 Å². The van der Waals surface area contributed by atoms with Gasteiger partial charge in [-0.15, -0.1) is 0 Å². The second kappa shape index (κ2) is 4.85. The summed E-state index contributed by atoms with van der Waals surface area (Å²) in [6, 6.07) is 5.87. The van der Waals surface area contributed by atoms with E-state index >= 15 is 0 Å². The van der Waals surface area contributed by atoms with Crippen LogP contribution in [-0.2, 0) is 0 Å². The molecule has 1 aliphatic heterocycles. The maximum Gasteiger partial charge on any atom is 0.222 e. The van der Waals surface area contributed by atoms with Gasteiger partial charge in [0.25, 0.3) is 0 Å². The van der Waals surface area contributed by atoms with Gasteiger partial charge in [-0.3, -0.25) is 0 Å². The van der Waals surface area contributed by atoms with Gasteiger partial charge < -0.3 is 20.4 Å². The number of nitrogen functional groups attached to an aromatic ring is 1. The van der Waals surface area contributed by atoms with Gasteiger partial charge in [-0.05, 0) is 18.2 Å². The lowest BCUT2D eigenvalue weighted by atomic mass is 10.2. The maximum atomic E-state index is 5.98. The van der Waals surface area contributed by atoms with Crippen molar-refractivity contribution in [3.8, 4) is 0 Å². The molecule has 21 heavy (non-hydrogen) atoms. The first-order valence-electron chi connectivity index (χ1n) is 6.83. The van der Waals surface area contributed by atoms with Gasteiger partial charge >= 0.3 is 0 Å². The molecule has 0 atom stereocenters. The summed E-state index contributed by atoms with van der Waals surface area (Å²) in [5.41, 5.74) is 8.18. The van der Waals surface area contributed by atoms with Crippen LogP contribution in [0.4, 0.5) is 11.8 Å². The lowest BCUT2D eigenvalue weighted by Crippen LogP contribution is -2.44. The number of anilines is 2. The topological polar surface area (TPSA) is 80.2 Å². The second-order valence-corrected chi connectivity index (χ2v) is 5.98. The summed E-state index contributed by atoms with van der Waals surface area (Å²) < 4.78 is 6.97. The van der Waals surface area contributed by atoms with E-state index in [-0.39, 0.29) is 5.95 Å². The van der Waals surface area contributed by atoms with E-state index in [0.29, 0.717) is 5.58 Å². The Labute approximate surface area is 129 Å². The number of rotatable bonds is 1. The minimum Gasteiger partial charge on any atom is -0.450 e. The number of hydrogen-bond acceptors (Lipinski definition) is 6. The van der Waals surface area contributed by atoms with Crippen molar-refractivity contribution in [2.24, 2.45) is 0 Å². The molecule has 0 aliphatic carbocycles. The van der Waals surface area contributed by atoms with E-state index in [1.807, 2.05) is 18.2 Å². The summed E-state index contributed by atoms with van der Waals surface area (Å²) in [6.07, 6.45) is 0. The minimum absolute atomic E-state index is 0.277. The maximum absolute atomic E-state index is 5.98. The van der Waals surface area contributed by atoms with Crippen LogP contribution < -0.4 is 16.0 Å². The summed E-state index contributed by atoms with van der Waals surface area (Å²) in [5, 5.41) is 4.28. The molecule has 6 nitrogen and oxygen atoms in total. The molecule has 1 aliphatic rings. The summed E-state index contributed by atoms with van der Waals surface area (Å²) in [6.45, 7) is 3.62. The first-order valence-corrected chi connectivity index (χ1v) is 7.62. The standard InChI is InChI=1S/C14H14BrN5O/c15-8-1-2-10-9(7-8)11-12(21-10)13(19-14(16)18-11)20-5-3-17-4-6-20/h1-2,7,17H,3-6H2,(H2,16,18,19). The number of halogens is 1. The monoisotopic (exact) mass is 347 g/mol. The van der Waals surface area contributed by atoms with E-state index in [1.54, 1.807) is 0 Å². The van der Waals surface area contributed by atoms with Crippen LogP contribution in [0.25, 0.3) is 22.1 Å². The number of nitrogens with zero attached hydrogens (tertiary/aromatic N) is 3. The summed E-state index contributed by atoms with van der Waals surface area (Å²) in [4.78, 5) is 11.0. The Kier molecular flexibility index (Phi) is 2.97. The highest BCUT2D eigenvalue weighted by molar-refractivity contribution is 9.10. The Morgan fingerprint density at radius 1 is 1.24 bits per heavy atom. The number of piperazine rings is 1. The highest BCUT2D eigenvalue weighted by atomic mass is 79.9. The van der Waals surface area contributed by atoms with Crippen LogP contribution in [0.3, 0.4) is 0 Å². The fraction of sp³-hybridized carbons (Fsp3) is 0.286. The molecule has 2 aromatic heterocycles. The fourth-order valence-electron chi connectivity index (χ4n) is 2.71. The SMILES string of the molecule is Nc1nc(N2CCNCC2)c2oc3ccc(Br)cc3c2n1. The molecule has 3 heterocycles. The number of fused-ring (bicyclic) bond motifs is 3. The first-order chi connectivity index (χ1) is 10.2. The average molecular weight is 348 g/mol. The van der Waals surface area contributed by atoms with Gasteiger partial charge in [-0.1, -0.05) is 15.9 Å². The van der Waals surface area contributed by atoms with Gasteiger partial charge in [-0.25, -0.2) is 4.98 Å². The van der Waals surface area contributed by atoms with E-state index in [4.69, 9.17) is 10.2 Å². The molecule has 4 rings (SSSR count). The third-order valence-electron chi connectivity index (χ3n) is 3.69. The summed E-state index contributed by atoms with van der Waals surface area (Å²) in [5.74, 6) is 1.06. The van der Waals surface area contributed by atoms with Crippen molar-refractivity contribution in [2.75, 3.05) is 36.8 Å². The number of nitrogens with one attached hydrogen (secondary N) is 1. The van der Waals surface area contributed by atoms with Crippen LogP contribution in [0, 0.1) is 0 Å². The zero-order valence-corrected chi connectivity index (χ0v) is 12.9. The lowest BCUT2D eigenvalue weighted by molar-refractivity contribution is 0.580. The smallest absolute Gasteiger partial charge is 0.222 e. The fourth-order valence-corrected chi connectivity index (χ4v) is 3.07. The zero-order valence-electron chi connectivity index (χ0n) is 11.3. The van der Waals surface area contributed by atoms with E-state index < -0.39 is 0 Å². The quantitative estimate of drug-likeness (QED) is 0.701. The molecule has 3 aromatic rings. The van der Waals surface area contributed by atoms with Gasteiger partial charge in [0.2, 0.25) is 5.95 Å². The van der Waals surface area contributed by atoms with E-state index in [9.17, 15) is 0 Å². The molecule has 0 bridgehead atoms. The normalized spacial score (nSPS) is 16.0. The molecule has 0 saturated carbocycles. The number of benzene rings is 1. The summed E-state index contributed by atoms with van der Waals surface area (Å²) >= 11 is 3.48. The van der Waals surface area contributed by atoms with Gasteiger partial charge in [0.1, 0.15) is 11.1 Å². The highest BCUT2D eigenvalue weighted by Gasteiger charge is 2.21. The third-order valence-corrected chi connectivity index (χ3v) is 4.18. The van der Waals surface area contributed by atoms with Gasteiger partial charge in [-0.2, -0.15) is 4.98 Å². The van der Waals surface area contributed by atoms with Crippen molar-refractivity contribution in [2.45, 2.75) is 0 Å². The predicted molar refractivity (Wildman–Crippen MR) is 86.5 cm³/mol. The second-order valence-electron chi connectivity index (χ2n) is 5.06. The lowest BCUT2D eigenvalue weighted by Gasteiger charge is -2.28. The van der Waals surface area contributed by atoms with Crippen molar-refractivity contribution in [1.29, 1.82) is 0 Å². The third kappa shape index (κ3) is 2.13. The molecule has 0 spiro atoms. The Hall–Kier alpha value is -1.86. The molecule has 1 aromatic carbocycles. The van der Waals surface area contributed by atoms with Crippen LogP contribution in [0.15, 0.2) is 27.1 Å². The van der Waals surface area contributed by atoms with E-state index in [1.165, 1.54) is 0 Å². The minimum atomic E-state index is 0.277. The highest BCUT2D eigenvalue weighted by Crippen LogP contribution is 2.34. The molecule has 0 unspecified atom stereocenters.